The predicted molar refractivity (Wildman–Crippen MR) is 60.7 cm³/mol. The molecule has 1 rings (SSSR count). The van der Waals surface area contributed by atoms with Gasteiger partial charge in [0.2, 0.25) is 0 Å². The van der Waals surface area contributed by atoms with Crippen molar-refractivity contribution in [2.75, 3.05) is 0 Å². The van der Waals surface area contributed by atoms with Crippen LogP contribution in [0.5, 0.6) is 5.75 Å². The fourth-order valence-electron chi connectivity index (χ4n) is 1.47. The van der Waals surface area contributed by atoms with Crippen LogP contribution in [0.1, 0.15) is 37.3 Å². The van der Waals surface area contributed by atoms with Crippen molar-refractivity contribution >= 4 is 5.71 Å². The van der Waals surface area contributed by atoms with Crippen molar-refractivity contribution in [2.24, 2.45) is 5.16 Å². The van der Waals surface area contributed by atoms with Gasteiger partial charge >= 0.3 is 0 Å². The molecule has 2 N–H and O–H groups in total. The first-order chi connectivity index (χ1) is 7.19. The second-order valence-electron chi connectivity index (χ2n) is 3.67. The average molecular weight is 207 g/mol. The van der Waals surface area contributed by atoms with Crippen molar-refractivity contribution in [2.45, 2.75) is 33.1 Å². The van der Waals surface area contributed by atoms with Crippen LogP contribution >= 0.6 is 0 Å². The summed E-state index contributed by atoms with van der Waals surface area (Å²) in [4.78, 5) is 0. The van der Waals surface area contributed by atoms with E-state index in [4.69, 9.17) is 5.21 Å². The summed E-state index contributed by atoms with van der Waals surface area (Å²) in [5.74, 6) is 0.180. The van der Waals surface area contributed by atoms with Gasteiger partial charge < -0.3 is 10.3 Å². The summed E-state index contributed by atoms with van der Waals surface area (Å²) in [6.07, 6.45) is 2.67. The van der Waals surface area contributed by atoms with E-state index in [1.165, 1.54) is 0 Å². The maximum Gasteiger partial charge on any atom is 0.125 e. The number of hydrogen-bond donors (Lipinski definition) is 2. The maximum atomic E-state index is 9.70. The molecule has 0 amide bonds. The zero-order valence-electron chi connectivity index (χ0n) is 9.20. The predicted octanol–water partition coefficient (Wildman–Crippen LogP) is 3.07. The quantitative estimate of drug-likeness (QED) is 0.453. The van der Waals surface area contributed by atoms with Gasteiger partial charge in [-0.1, -0.05) is 24.6 Å². The van der Waals surface area contributed by atoms with Gasteiger partial charge in [-0.25, -0.2) is 0 Å². The Morgan fingerprint density at radius 1 is 1.40 bits per heavy atom. The summed E-state index contributed by atoms with van der Waals surface area (Å²) >= 11 is 0. The lowest BCUT2D eigenvalue weighted by molar-refractivity contribution is 0.317. The molecule has 1 aromatic carbocycles. The van der Waals surface area contributed by atoms with Gasteiger partial charge in [-0.2, -0.15) is 0 Å². The third kappa shape index (κ3) is 2.98. The molecule has 0 aliphatic carbocycles. The maximum absolute atomic E-state index is 9.70. The lowest BCUT2D eigenvalue weighted by Crippen LogP contribution is -2.01. The number of hydrogen-bond acceptors (Lipinski definition) is 3. The van der Waals surface area contributed by atoms with Crippen LogP contribution in [0.4, 0.5) is 0 Å². The first-order valence-corrected chi connectivity index (χ1v) is 5.20. The Bertz CT molecular complexity index is 359. The Morgan fingerprint density at radius 3 is 2.67 bits per heavy atom. The number of phenolic OH excluding ortho intramolecular Hbond substituents is 1. The van der Waals surface area contributed by atoms with Gasteiger partial charge in [0.05, 0.1) is 5.71 Å². The highest BCUT2D eigenvalue weighted by Gasteiger charge is 2.09. The summed E-state index contributed by atoms with van der Waals surface area (Å²) in [5.41, 5.74) is 2.16. The van der Waals surface area contributed by atoms with E-state index in [9.17, 15) is 5.11 Å². The van der Waals surface area contributed by atoms with E-state index >= 15 is 0 Å². The third-order valence-electron chi connectivity index (χ3n) is 2.35. The fraction of sp³-hybridized carbons (Fsp3) is 0.417. The topological polar surface area (TPSA) is 52.8 Å². The van der Waals surface area contributed by atoms with Crippen molar-refractivity contribution in [1.29, 1.82) is 0 Å². The number of benzene rings is 1. The van der Waals surface area contributed by atoms with E-state index in [-0.39, 0.29) is 5.75 Å². The smallest absolute Gasteiger partial charge is 0.125 e. The minimum atomic E-state index is 0.180. The number of nitrogens with zero attached hydrogens (tertiary/aromatic N) is 1. The molecule has 1 aromatic rings. The van der Waals surface area contributed by atoms with Crippen LogP contribution in [-0.2, 0) is 0 Å². The van der Waals surface area contributed by atoms with Crippen molar-refractivity contribution in [1.82, 2.24) is 0 Å². The fourth-order valence-corrected chi connectivity index (χ4v) is 1.47. The minimum Gasteiger partial charge on any atom is -0.507 e. The summed E-state index contributed by atoms with van der Waals surface area (Å²) in [6.45, 7) is 3.98. The molecule has 82 valence electrons. The Labute approximate surface area is 90.1 Å². The first-order valence-electron chi connectivity index (χ1n) is 5.20. The van der Waals surface area contributed by atoms with Crippen LogP contribution in [-0.4, -0.2) is 16.0 Å². The standard InChI is InChI=1S/C12H17NO2/c1-3-4-5-11(13-15)10-7-6-9(2)8-12(10)14/h6-8,14-15H,3-5H2,1-2H3. The number of rotatable bonds is 4. The SMILES string of the molecule is CCCCC(=NO)c1ccc(C)cc1O. The Kier molecular flexibility index (Phi) is 4.16. The first kappa shape index (κ1) is 11.6. The van der Waals surface area contributed by atoms with Gasteiger partial charge in [0.25, 0.3) is 0 Å². The van der Waals surface area contributed by atoms with Crippen LogP contribution < -0.4 is 0 Å². The summed E-state index contributed by atoms with van der Waals surface area (Å²) in [6, 6.07) is 5.36. The van der Waals surface area contributed by atoms with E-state index < -0.39 is 0 Å². The monoisotopic (exact) mass is 207 g/mol. The molecule has 0 fully saturated rings. The molecule has 0 spiro atoms. The molecule has 0 aromatic heterocycles. The summed E-state index contributed by atoms with van der Waals surface area (Å²) < 4.78 is 0. The molecule has 3 nitrogen and oxygen atoms in total. The third-order valence-corrected chi connectivity index (χ3v) is 2.35. The number of aromatic hydroxyl groups is 1. The lowest BCUT2D eigenvalue weighted by Gasteiger charge is -2.06. The molecule has 0 bridgehead atoms. The lowest BCUT2D eigenvalue weighted by atomic mass is 10.0. The highest BCUT2D eigenvalue weighted by Crippen LogP contribution is 2.21. The van der Waals surface area contributed by atoms with Crippen LogP contribution in [0.25, 0.3) is 0 Å². The second-order valence-corrected chi connectivity index (χ2v) is 3.67. The van der Waals surface area contributed by atoms with Crippen LogP contribution in [0, 0.1) is 6.92 Å². The zero-order valence-corrected chi connectivity index (χ0v) is 9.20. The second kappa shape index (κ2) is 5.39. The van der Waals surface area contributed by atoms with E-state index in [2.05, 4.69) is 12.1 Å². The Morgan fingerprint density at radius 2 is 2.13 bits per heavy atom. The van der Waals surface area contributed by atoms with E-state index in [1.807, 2.05) is 13.0 Å². The van der Waals surface area contributed by atoms with Gasteiger partial charge in [0.15, 0.2) is 0 Å². The molecule has 0 saturated carbocycles. The minimum absolute atomic E-state index is 0.180. The molecule has 0 radical (unpaired) electrons. The molecule has 15 heavy (non-hydrogen) atoms. The van der Waals surface area contributed by atoms with E-state index in [0.29, 0.717) is 17.7 Å². The van der Waals surface area contributed by atoms with Gasteiger partial charge in [-0.15, -0.1) is 0 Å². The molecular weight excluding hydrogens is 190 g/mol. The number of oxime groups is 1. The largest absolute Gasteiger partial charge is 0.507 e. The molecule has 0 aliphatic rings. The normalized spacial score (nSPS) is 11.7. The van der Waals surface area contributed by atoms with Crippen molar-refractivity contribution in [3.63, 3.8) is 0 Å². The molecular formula is C12H17NO2. The highest BCUT2D eigenvalue weighted by atomic mass is 16.4. The molecule has 0 atom stereocenters. The number of unbranched alkanes of at least 4 members (excludes halogenated alkanes) is 1. The molecule has 3 heteroatoms. The highest BCUT2D eigenvalue weighted by molar-refractivity contribution is 6.02. The summed E-state index contributed by atoms with van der Waals surface area (Å²) in [5, 5.41) is 21.8. The van der Waals surface area contributed by atoms with Gasteiger partial charge in [0, 0.05) is 5.56 Å². The Balaban J connectivity index is 2.93. The van der Waals surface area contributed by atoms with Crippen molar-refractivity contribution in [3.8, 4) is 5.75 Å². The van der Waals surface area contributed by atoms with E-state index in [1.54, 1.807) is 12.1 Å². The number of aryl methyl sites for hydroxylation is 1. The molecule has 0 aliphatic heterocycles. The van der Waals surface area contributed by atoms with Crippen molar-refractivity contribution in [3.05, 3.63) is 29.3 Å². The summed E-state index contributed by atoms with van der Waals surface area (Å²) in [7, 11) is 0. The van der Waals surface area contributed by atoms with Gasteiger partial charge in [0.1, 0.15) is 5.75 Å². The van der Waals surface area contributed by atoms with Crippen LogP contribution in [0.3, 0.4) is 0 Å². The molecule has 0 saturated heterocycles. The average Bonchev–Trinajstić information content (AvgIpc) is 2.21. The number of phenols is 1. The zero-order chi connectivity index (χ0) is 11.3. The van der Waals surface area contributed by atoms with Crippen molar-refractivity contribution < 1.29 is 10.3 Å². The van der Waals surface area contributed by atoms with Gasteiger partial charge in [-0.05, 0) is 37.5 Å². The van der Waals surface area contributed by atoms with E-state index in [0.717, 1.165) is 18.4 Å². The molecule has 0 unspecified atom stereocenters. The van der Waals surface area contributed by atoms with Gasteiger partial charge in [-0.3, -0.25) is 0 Å². The molecule has 0 heterocycles. The van der Waals surface area contributed by atoms with Crippen LogP contribution in [0.15, 0.2) is 23.4 Å². The van der Waals surface area contributed by atoms with Crippen LogP contribution in [0.2, 0.25) is 0 Å². The Hall–Kier alpha value is -1.51.